The van der Waals surface area contributed by atoms with Crippen molar-refractivity contribution < 1.29 is 17.9 Å². The van der Waals surface area contributed by atoms with Gasteiger partial charge in [0.1, 0.15) is 5.75 Å². The second kappa shape index (κ2) is 9.23. The summed E-state index contributed by atoms with van der Waals surface area (Å²) < 4.78 is 28.9. The number of para-hydroxylation sites is 1. The maximum absolute atomic E-state index is 12.7. The molecular formula is C18H29N3O4S. The molecule has 1 aliphatic rings. The number of likely N-dealkylation sites (N-methyl/N-ethyl adjacent to an activating group) is 1. The van der Waals surface area contributed by atoms with Crippen LogP contribution in [-0.2, 0) is 16.3 Å². The molecule has 1 fully saturated rings. The summed E-state index contributed by atoms with van der Waals surface area (Å²) in [5, 5.41) is 2.93. The van der Waals surface area contributed by atoms with E-state index in [0.29, 0.717) is 32.5 Å². The first-order chi connectivity index (χ1) is 12.3. The Labute approximate surface area is 156 Å². The molecule has 1 heterocycles. The Kier molecular flexibility index (Phi) is 7.28. The summed E-state index contributed by atoms with van der Waals surface area (Å²) in [7, 11) is 2.46. The lowest BCUT2D eigenvalue weighted by Gasteiger charge is -2.29. The standard InChI is InChI=1S/C18H29N3O4S/c1-20(2)11-12-21(16-9-13-26(23,24)14-16)18(22)19-10-8-15-6-4-5-7-17(15)25-3/h4-7,16H,8-14H2,1-3H3,(H,19,22). The first kappa shape index (κ1) is 20.5. The summed E-state index contributed by atoms with van der Waals surface area (Å²) in [5.74, 6) is 1.01. The lowest BCUT2D eigenvalue weighted by molar-refractivity contribution is 0.173. The van der Waals surface area contributed by atoms with Gasteiger partial charge < -0.3 is 19.9 Å². The summed E-state index contributed by atoms with van der Waals surface area (Å²) in [5.41, 5.74) is 1.03. The molecule has 0 aromatic heterocycles. The third-order valence-corrected chi connectivity index (χ3v) is 6.31. The first-order valence-electron chi connectivity index (χ1n) is 8.84. The number of amides is 2. The maximum Gasteiger partial charge on any atom is 0.317 e. The van der Waals surface area contributed by atoms with E-state index in [9.17, 15) is 13.2 Å². The number of nitrogens with zero attached hydrogens (tertiary/aromatic N) is 2. The predicted octanol–water partition coefficient (Wildman–Crippen LogP) is 0.998. The quantitative estimate of drug-likeness (QED) is 0.724. The summed E-state index contributed by atoms with van der Waals surface area (Å²) in [6, 6.07) is 7.26. The Bertz CT molecular complexity index is 706. The van der Waals surface area contributed by atoms with E-state index in [1.54, 1.807) is 12.0 Å². The predicted molar refractivity (Wildman–Crippen MR) is 102 cm³/mol. The molecule has 1 aromatic carbocycles. The fourth-order valence-corrected chi connectivity index (χ4v) is 4.82. The molecule has 1 atom stereocenters. The summed E-state index contributed by atoms with van der Waals surface area (Å²) in [4.78, 5) is 16.3. The Hall–Kier alpha value is -1.80. The van der Waals surface area contributed by atoms with Crippen LogP contribution in [-0.4, -0.2) is 82.6 Å². The number of ether oxygens (including phenoxy) is 1. The Morgan fingerprint density at radius 1 is 1.27 bits per heavy atom. The van der Waals surface area contributed by atoms with Crippen LogP contribution in [0.4, 0.5) is 4.79 Å². The van der Waals surface area contributed by atoms with Crippen molar-refractivity contribution in [3.63, 3.8) is 0 Å². The van der Waals surface area contributed by atoms with Crippen molar-refractivity contribution in [2.45, 2.75) is 18.9 Å². The van der Waals surface area contributed by atoms with E-state index in [1.807, 2.05) is 43.3 Å². The second-order valence-corrected chi connectivity index (χ2v) is 9.08. The topological polar surface area (TPSA) is 79.0 Å². The molecular weight excluding hydrogens is 354 g/mol. The molecule has 0 saturated carbocycles. The van der Waals surface area contributed by atoms with Crippen LogP contribution in [0.2, 0.25) is 0 Å². The highest BCUT2D eigenvalue weighted by Gasteiger charge is 2.34. The molecule has 0 radical (unpaired) electrons. The molecule has 1 aliphatic heterocycles. The van der Waals surface area contributed by atoms with Gasteiger partial charge in [-0.3, -0.25) is 0 Å². The van der Waals surface area contributed by atoms with Crippen molar-refractivity contribution in [1.82, 2.24) is 15.1 Å². The number of carbonyl (C=O) groups excluding carboxylic acids is 1. The van der Waals surface area contributed by atoms with Gasteiger partial charge in [-0.2, -0.15) is 0 Å². The fourth-order valence-electron chi connectivity index (χ4n) is 3.09. The van der Waals surface area contributed by atoms with E-state index < -0.39 is 9.84 Å². The number of benzene rings is 1. The monoisotopic (exact) mass is 383 g/mol. The van der Waals surface area contributed by atoms with Crippen molar-refractivity contribution in [1.29, 1.82) is 0 Å². The minimum atomic E-state index is -3.04. The maximum atomic E-state index is 12.7. The average molecular weight is 384 g/mol. The van der Waals surface area contributed by atoms with Crippen LogP contribution in [0, 0.1) is 0 Å². The number of urea groups is 1. The number of nitrogens with one attached hydrogen (secondary N) is 1. The van der Waals surface area contributed by atoms with Crippen LogP contribution < -0.4 is 10.1 Å². The second-order valence-electron chi connectivity index (χ2n) is 6.85. The van der Waals surface area contributed by atoms with Crippen LogP contribution in [0.25, 0.3) is 0 Å². The zero-order valence-corrected chi connectivity index (χ0v) is 16.6. The molecule has 1 N–H and O–H groups in total. The Balaban J connectivity index is 1.95. The van der Waals surface area contributed by atoms with Crippen molar-refractivity contribution in [2.75, 3.05) is 52.3 Å². The highest BCUT2D eigenvalue weighted by atomic mass is 32.2. The van der Waals surface area contributed by atoms with Gasteiger partial charge in [-0.1, -0.05) is 18.2 Å². The van der Waals surface area contributed by atoms with E-state index >= 15 is 0 Å². The van der Waals surface area contributed by atoms with E-state index in [0.717, 1.165) is 11.3 Å². The third kappa shape index (κ3) is 5.88. The van der Waals surface area contributed by atoms with E-state index in [4.69, 9.17) is 4.74 Å². The van der Waals surface area contributed by atoms with Crippen molar-refractivity contribution >= 4 is 15.9 Å². The van der Waals surface area contributed by atoms with Gasteiger partial charge in [-0.25, -0.2) is 13.2 Å². The molecule has 26 heavy (non-hydrogen) atoms. The molecule has 0 bridgehead atoms. The Morgan fingerprint density at radius 3 is 2.62 bits per heavy atom. The number of methoxy groups -OCH3 is 1. The molecule has 1 saturated heterocycles. The van der Waals surface area contributed by atoms with Gasteiger partial charge in [-0.15, -0.1) is 0 Å². The SMILES string of the molecule is COc1ccccc1CCNC(=O)N(CCN(C)C)C1CCS(=O)(=O)C1. The molecule has 0 aliphatic carbocycles. The zero-order valence-electron chi connectivity index (χ0n) is 15.8. The highest BCUT2D eigenvalue weighted by Crippen LogP contribution is 2.19. The van der Waals surface area contributed by atoms with Crippen molar-refractivity contribution in [2.24, 2.45) is 0 Å². The minimum absolute atomic E-state index is 0.0559. The Morgan fingerprint density at radius 2 is 2.00 bits per heavy atom. The largest absolute Gasteiger partial charge is 0.496 e. The lowest BCUT2D eigenvalue weighted by atomic mass is 10.1. The average Bonchev–Trinajstić information content (AvgIpc) is 2.95. The molecule has 1 unspecified atom stereocenters. The van der Waals surface area contributed by atoms with Gasteiger partial charge in [0, 0.05) is 25.7 Å². The van der Waals surface area contributed by atoms with Gasteiger partial charge in [0.2, 0.25) is 0 Å². The lowest BCUT2D eigenvalue weighted by Crippen LogP contribution is -2.49. The molecule has 2 amide bonds. The molecule has 1 aromatic rings. The number of sulfone groups is 1. The molecule has 7 nitrogen and oxygen atoms in total. The van der Waals surface area contributed by atoms with Crippen LogP contribution in [0.5, 0.6) is 5.75 Å². The molecule has 0 spiro atoms. The molecule has 8 heteroatoms. The number of hydrogen-bond donors (Lipinski definition) is 1. The van der Waals surface area contributed by atoms with Crippen molar-refractivity contribution in [3.8, 4) is 5.75 Å². The molecule has 146 valence electrons. The number of carbonyl (C=O) groups is 1. The van der Waals surface area contributed by atoms with Gasteiger partial charge in [0.25, 0.3) is 0 Å². The summed E-state index contributed by atoms with van der Waals surface area (Å²) >= 11 is 0. The van der Waals surface area contributed by atoms with Crippen LogP contribution in [0.1, 0.15) is 12.0 Å². The van der Waals surface area contributed by atoms with Gasteiger partial charge in [0.05, 0.1) is 18.6 Å². The summed E-state index contributed by atoms with van der Waals surface area (Å²) in [6.45, 7) is 1.67. The van der Waals surface area contributed by atoms with Crippen LogP contribution >= 0.6 is 0 Å². The smallest absolute Gasteiger partial charge is 0.317 e. The summed E-state index contributed by atoms with van der Waals surface area (Å²) in [6.07, 6.45) is 1.16. The van der Waals surface area contributed by atoms with Gasteiger partial charge >= 0.3 is 6.03 Å². The van der Waals surface area contributed by atoms with Gasteiger partial charge in [0.15, 0.2) is 9.84 Å². The third-order valence-electron chi connectivity index (χ3n) is 4.56. The number of hydrogen-bond acceptors (Lipinski definition) is 5. The normalized spacial score (nSPS) is 18.7. The minimum Gasteiger partial charge on any atom is -0.496 e. The zero-order chi connectivity index (χ0) is 19.2. The van der Waals surface area contributed by atoms with E-state index in [1.165, 1.54) is 0 Å². The van der Waals surface area contributed by atoms with E-state index in [2.05, 4.69) is 5.32 Å². The number of rotatable bonds is 8. The van der Waals surface area contributed by atoms with Crippen molar-refractivity contribution in [3.05, 3.63) is 29.8 Å². The molecule has 2 rings (SSSR count). The van der Waals surface area contributed by atoms with Gasteiger partial charge in [-0.05, 0) is 38.6 Å². The van der Waals surface area contributed by atoms with Crippen LogP contribution in [0.15, 0.2) is 24.3 Å². The fraction of sp³-hybridized carbons (Fsp3) is 0.611. The van der Waals surface area contributed by atoms with E-state index in [-0.39, 0.29) is 23.6 Å². The highest BCUT2D eigenvalue weighted by molar-refractivity contribution is 7.91. The van der Waals surface area contributed by atoms with Crippen LogP contribution in [0.3, 0.4) is 0 Å². The first-order valence-corrected chi connectivity index (χ1v) is 10.7.